The number of methoxy groups -OCH3 is 1. The molecule has 1 heterocycles. The molecular formula is C13H12F3N3O5S. The quantitative estimate of drug-likeness (QED) is 0.809. The Morgan fingerprint density at radius 1 is 1.28 bits per heavy atom. The summed E-state index contributed by atoms with van der Waals surface area (Å²) in [6.07, 6.45) is -4.76. The lowest BCUT2D eigenvalue weighted by molar-refractivity contribution is -0.159. The van der Waals surface area contributed by atoms with Crippen LogP contribution in [0.3, 0.4) is 0 Å². The van der Waals surface area contributed by atoms with Crippen LogP contribution in [0.4, 0.5) is 13.2 Å². The maximum Gasteiger partial charge on any atom is 0.471 e. The number of halogens is 3. The third-order valence-corrected chi connectivity index (χ3v) is 4.08. The lowest BCUT2D eigenvalue weighted by Gasteiger charge is -2.06. The first-order valence-electron chi connectivity index (χ1n) is 6.67. The van der Waals surface area contributed by atoms with Crippen LogP contribution in [0, 0.1) is 0 Å². The van der Waals surface area contributed by atoms with Gasteiger partial charge in [0.1, 0.15) is 0 Å². The van der Waals surface area contributed by atoms with Gasteiger partial charge >= 0.3 is 12.1 Å². The Labute approximate surface area is 140 Å². The van der Waals surface area contributed by atoms with E-state index in [0.717, 1.165) is 0 Å². The van der Waals surface area contributed by atoms with Crippen molar-refractivity contribution in [2.24, 2.45) is 0 Å². The number of ether oxygens (including phenoxy) is 1. The molecule has 8 nitrogen and oxygen atoms in total. The average molecular weight is 379 g/mol. The van der Waals surface area contributed by atoms with Gasteiger partial charge in [-0.3, -0.25) is 4.79 Å². The molecule has 1 aromatic heterocycles. The van der Waals surface area contributed by atoms with Crippen LogP contribution in [0.5, 0.6) is 0 Å². The molecule has 25 heavy (non-hydrogen) atoms. The third-order valence-electron chi connectivity index (χ3n) is 2.88. The predicted octanol–water partition coefficient (Wildman–Crippen LogP) is 1.46. The molecule has 0 radical (unpaired) electrons. The summed E-state index contributed by atoms with van der Waals surface area (Å²) in [6.45, 7) is -0.0824. The molecule has 0 aliphatic rings. The first kappa shape index (κ1) is 18.9. The van der Waals surface area contributed by atoms with Crippen molar-refractivity contribution in [1.29, 1.82) is 0 Å². The topological polar surface area (TPSA) is 111 Å². The normalized spacial score (nSPS) is 12.2. The molecular weight excluding hydrogens is 367 g/mol. The number of rotatable bonds is 6. The van der Waals surface area contributed by atoms with Crippen molar-refractivity contribution >= 4 is 15.9 Å². The Morgan fingerprint density at radius 2 is 1.92 bits per heavy atom. The summed E-state index contributed by atoms with van der Waals surface area (Å²) in [5, 5.41) is 3.20. The summed E-state index contributed by atoms with van der Waals surface area (Å²) < 4.78 is 71.0. The van der Waals surface area contributed by atoms with Gasteiger partial charge in [0.15, 0.2) is 0 Å². The highest BCUT2D eigenvalue weighted by Gasteiger charge is 2.38. The number of amides is 1. The van der Waals surface area contributed by atoms with Gasteiger partial charge in [-0.05, 0) is 12.1 Å². The molecule has 12 heteroatoms. The maximum absolute atomic E-state index is 12.4. The van der Waals surface area contributed by atoms with Gasteiger partial charge in [-0.25, -0.2) is 13.1 Å². The Kier molecular flexibility index (Phi) is 5.42. The van der Waals surface area contributed by atoms with E-state index in [1.54, 1.807) is 0 Å². The van der Waals surface area contributed by atoms with Gasteiger partial charge in [-0.2, -0.15) is 18.2 Å². The summed E-state index contributed by atoms with van der Waals surface area (Å²) in [5.74, 6) is -3.08. The molecule has 0 spiro atoms. The summed E-state index contributed by atoms with van der Waals surface area (Å²) in [6, 6.07) is 4.98. The molecule has 0 saturated heterocycles. The lowest BCUT2D eigenvalue weighted by Crippen LogP contribution is -2.33. The van der Waals surface area contributed by atoms with Crippen molar-refractivity contribution in [3.05, 3.63) is 35.7 Å². The molecule has 1 amide bonds. The summed E-state index contributed by atoms with van der Waals surface area (Å²) in [4.78, 5) is 15.1. The highest BCUT2D eigenvalue weighted by molar-refractivity contribution is 7.90. The lowest BCUT2D eigenvalue weighted by atomic mass is 10.1. The Hall–Kier alpha value is -2.47. The van der Waals surface area contributed by atoms with Gasteiger partial charge < -0.3 is 9.26 Å². The monoisotopic (exact) mass is 379 g/mol. The van der Waals surface area contributed by atoms with Gasteiger partial charge in [0.05, 0.1) is 12.4 Å². The number of hydrogen-bond acceptors (Lipinski definition) is 7. The van der Waals surface area contributed by atoms with Gasteiger partial charge in [0.2, 0.25) is 15.8 Å². The van der Waals surface area contributed by atoms with Gasteiger partial charge in [-0.1, -0.05) is 17.3 Å². The summed E-state index contributed by atoms with van der Waals surface area (Å²) >= 11 is 0. The molecule has 2 rings (SSSR count). The van der Waals surface area contributed by atoms with Gasteiger partial charge in [0.25, 0.3) is 5.91 Å². The second kappa shape index (κ2) is 7.19. The molecule has 1 aromatic carbocycles. The molecule has 0 aliphatic heterocycles. The molecule has 0 aliphatic carbocycles. The highest BCUT2D eigenvalue weighted by atomic mass is 32.2. The number of sulfonamides is 1. The first-order chi connectivity index (χ1) is 11.6. The third kappa shape index (κ3) is 5.00. The van der Waals surface area contributed by atoms with E-state index in [-0.39, 0.29) is 23.6 Å². The number of benzene rings is 1. The summed E-state index contributed by atoms with van der Waals surface area (Å²) in [7, 11) is -2.54. The standard InChI is InChI=1S/C13H12F3N3O5S/c1-23-6-7-25(21,22)19-11(20)9-4-2-8(3-5-9)10-17-12(24-18-10)13(14,15)16/h2-5H,6-7H2,1H3,(H,19,20). The van der Waals surface area contributed by atoms with E-state index < -0.39 is 33.8 Å². The Balaban J connectivity index is 2.12. The fraction of sp³-hybridized carbons (Fsp3) is 0.308. The van der Waals surface area contributed by atoms with E-state index in [1.807, 2.05) is 4.72 Å². The largest absolute Gasteiger partial charge is 0.471 e. The summed E-state index contributed by atoms with van der Waals surface area (Å²) in [5.41, 5.74) is 0.155. The van der Waals surface area contributed by atoms with Gasteiger partial charge in [-0.15, -0.1) is 0 Å². The number of alkyl halides is 3. The van der Waals surface area contributed by atoms with E-state index in [1.165, 1.54) is 31.4 Å². The number of hydrogen-bond donors (Lipinski definition) is 1. The molecule has 0 unspecified atom stereocenters. The number of carbonyl (C=O) groups excluding carboxylic acids is 1. The van der Waals surface area contributed by atoms with E-state index in [9.17, 15) is 26.4 Å². The maximum atomic E-state index is 12.4. The molecule has 0 fully saturated rings. The van der Waals surface area contributed by atoms with E-state index in [0.29, 0.717) is 0 Å². The van der Waals surface area contributed by atoms with E-state index >= 15 is 0 Å². The molecule has 0 atom stereocenters. The van der Waals surface area contributed by atoms with Crippen LogP contribution in [0.2, 0.25) is 0 Å². The number of carbonyl (C=O) groups is 1. The van der Waals surface area contributed by atoms with Crippen LogP contribution >= 0.6 is 0 Å². The number of nitrogens with one attached hydrogen (secondary N) is 1. The number of nitrogens with zero attached hydrogens (tertiary/aromatic N) is 2. The molecule has 2 aromatic rings. The molecule has 136 valence electrons. The molecule has 1 N–H and O–H groups in total. The molecule has 0 saturated carbocycles. The SMILES string of the molecule is COCCS(=O)(=O)NC(=O)c1ccc(-c2noc(C(F)(F)F)n2)cc1. The van der Waals surface area contributed by atoms with Crippen molar-refractivity contribution in [2.45, 2.75) is 6.18 Å². The van der Waals surface area contributed by atoms with Crippen LogP contribution in [0.25, 0.3) is 11.4 Å². The zero-order valence-corrected chi connectivity index (χ0v) is 13.5. The average Bonchev–Trinajstić information content (AvgIpc) is 3.03. The fourth-order valence-electron chi connectivity index (χ4n) is 1.67. The second-order valence-electron chi connectivity index (χ2n) is 4.74. The van der Waals surface area contributed by atoms with Crippen LogP contribution in [-0.4, -0.2) is 43.9 Å². The smallest absolute Gasteiger partial charge is 0.384 e. The van der Waals surface area contributed by atoms with Gasteiger partial charge in [0, 0.05) is 18.2 Å². The van der Waals surface area contributed by atoms with Crippen molar-refractivity contribution in [3.63, 3.8) is 0 Å². The van der Waals surface area contributed by atoms with Crippen molar-refractivity contribution in [2.75, 3.05) is 19.5 Å². The minimum absolute atomic E-state index is 0.00992. The Bertz CT molecular complexity index is 847. The predicted molar refractivity (Wildman–Crippen MR) is 77.9 cm³/mol. The highest BCUT2D eigenvalue weighted by Crippen LogP contribution is 2.29. The minimum atomic E-state index is -4.76. The zero-order chi connectivity index (χ0) is 18.7. The van der Waals surface area contributed by atoms with Crippen LogP contribution in [0.1, 0.15) is 16.2 Å². The zero-order valence-electron chi connectivity index (χ0n) is 12.7. The van der Waals surface area contributed by atoms with E-state index in [4.69, 9.17) is 0 Å². The van der Waals surface area contributed by atoms with Crippen LogP contribution in [0.15, 0.2) is 28.8 Å². The van der Waals surface area contributed by atoms with Crippen molar-refractivity contribution in [3.8, 4) is 11.4 Å². The number of aromatic nitrogens is 2. The molecule has 0 bridgehead atoms. The minimum Gasteiger partial charge on any atom is -0.384 e. The van der Waals surface area contributed by atoms with Crippen LogP contribution in [-0.2, 0) is 20.9 Å². The second-order valence-corrected chi connectivity index (χ2v) is 6.58. The van der Waals surface area contributed by atoms with Crippen molar-refractivity contribution < 1.29 is 35.6 Å². The van der Waals surface area contributed by atoms with E-state index in [2.05, 4.69) is 19.4 Å². The Morgan fingerprint density at radius 3 is 2.44 bits per heavy atom. The first-order valence-corrected chi connectivity index (χ1v) is 8.33. The fourth-order valence-corrected chi connectivity index (χ4v) is 2.56. The van der Waals surface area contributed by atoms with Crippen molar-refractivity contribution in [1.82, 2.24) is 14.9 Å². The van der Waals surface area contributed by atoms with Crippen LogP contribution < -0.4 is 4.72 Å².